The summed E-state index contributed by atoms with van der Waals surface area (Å²) in [6.07, 6.45) is 4.59. The van der Waals surface area contributed by atoms with E-state index in [4.69, 9.17) is 5.73 Å². The molecule has 138 valence electrons. The standard InChI is InChI=1S/C18H21FN4O2S/c1-12(17(25)22-8-5-13(6-9-22)16(20)24)26-18-21-7-10-23(18)15-4-2-3-14(19)11-15/h2-4,7,10-13H,5-6,8-9H2,1H3,(H2,20,24). The van der Waals surface area contributed by atoms with Gasteiger partial charge in [0.1, 0.15) is 5.82 Å². The number of benzene rings is 1. The number of rotatable bonds is 5. The van der Waals surface area contributed by atoms with Crippen LogP contribution >= 0.6 is 11.8 Å². The monoisotopic (exact) mass is 376 g/mol. The lowest BCUT2D eigenvalue weighted by Gasteiger charge is -2.32. The number of piperidine rings is 1. The van der Waals surface area contributed by atoms with Gasteiger partial charge < -0.3 is 10.6 Å². The van der Waals surface area contributed by atoms with Gasteiger partial charge in [0.05, 0.1) is 10.9 Å². The number of imidazole rings is 1. The van der Waals surface area contributed by atoms with Gasteiger partial charge in [-0.2, -0.15) is 0 Å². The van der Waals surface area contributed by atoms with E-state index in [2.05, 4.69) is 4.98 Å². The summed E-state index contributed by atoms with van der Waals surface area (Å²) >= 11 is 1.33. The highest BCUT2D eigenvalue weighted by Crippen LogP contribution is 2.27. The Hall–Kier alpha value is -2.35. The molecule has 1 fully saturated rings. The smallest absolute Gasteiger partial charge is 0.235 e. The van der Waals surface area contributed by atoms with Crippen molar-refractivity contribution in [2.45, 2.75) is 30.2 Å². The number of hydrogen-bond acceptors (Lipinski definition) is 4. The fourth-order valence-corrected chi connectivity index (χ4v) is 4.02. The Kier molecular flexibility index (Phi) is 5.61. The number of hydrogen-bond donors (Lipinski definition) is 1. The molecule has 0 aliphatic carbocycles. The van der Waals surface area contributed by atoms with Gasteiger partial charge in [0, 0.05) is 31.4 Å². The van der Waals surface area contributed by atoms with Crippen molar-refractivity contribution in [1.82, 2.24) is 14.5 Å². The lowest BCUT2D eigenvalue weighted by atomic mass is 9.96. The van der Waals surface area contributed by atoms with Crippen LogP contribution < -0.4 is 5.73 Å². The first-order chi connectivity index (χ1) is 12.5. The summed E-state index contributed by atoms with van der Waals surface area (Å²) in [7, 11) is 0. The van der Waals surface area contributed by atoms with Crippen LogP contribution in [0.1, 0.15) is 19.8 Å². The molecule has 0 bridgehead atoms. The molecule has 1 aromatic carbocycles. The van der Waals surface area contributed by atoms with Crippen molar-refractivity contribution in [2.75, 3.05) is 13.1 Å². The van der Waals surface area contributed by atoms with Gasteiger partial charge >= 0.3 is 0 Å². The molecule has 2 heterocycles. The molecule has 0 radical (unpaired) electrons. The summed E-state index contributed by atoms with van der Waals surface area (Å²) in [6.45, 7) is 2.91. The average molecular weight is 376 g/mol. The molecular weight excluding hydrogens is 355 g/mol. The Balaban J connectivity index is 1.66. The van der Waals surface area contributed by atoms with E-state index in [0.717, 1.165) is 0 Å². The van der Waals surface area contributed by atoms with E-state index in [1.54, 1.807) is 34.0 Å². The summed E-state index contributed by atoms with van der Waals surface area (Å²) in [6, 6.07) is 6.23. The minimum absolute atomic E-state index is 0.00622. The zero-order chi connectivity index (χ0) is 18.7. The molecule has 26 heavy (non-hydrogen) atoms. The molecular formula is C18H21FN4O2S. The average Bonchev–Trinajstić information content (AvgIpc) is 3.09. The van der Waals surface area contributed by atoms with Gasteiger partial charge in [-0.3, -0.25) is 14.2 Å². The van der Waals surface area contributed by atoms with Gasteiger partial charge in [-0.15, -0.1) is 0 Å². The maximum atomic E-state index is 13.5. The van der Waals surface area contributed by atoms with Crippen LogP contribution in [0.2, 0.25) is 0 Å². The maximum Gasteiger partial charge on any atom is 0.235 e. The van der Waals surface area contributed by atoms with Gasteiger partial charge in [0.2, 0.25) is 11.8 Å². The first kappa shape index (κ1) is 18.4. The predicted molar refractivity (Wildman–Crippen MR) is 97.3 cm³/mol. The van der Waals surface area contributed by atoms with Crippen LogP contribution in [0.4, 0.5) is 4.39 Å². The van der Waals surface area contributed by atoms with E-state index in [9.17, 15) is 14.0 Å². The molecule has 1 aliphatic heterocycles. The Morgan fingerprint density at radius 3 is 2.73 bits per heavy atom. The number of nitrogens with zero attached hydrogens (tertiary/aromatic N) is 3. The first-order valence-corrected chi connectivity index (χ1v) is 9.37. The molecule has 1 aromatic heterocycles. The van der Waals surface area contributed by atoms with Crippen LogP contribution in [0.15, 0.2) is 41.8 Å². The summed E-state index contributed by atoms with van der Waals surface area (Å²) in [4.78, 5) is 30.0. The second kappa shape index (κ2) is 7.90. The largest absolute Gasteiger partial charge is 0.369 e. The number of aromatic nitrogens is 2. The van der Waals surface area contributed by atoms with Crippen molar-refractivity contribution >= 4 is 23.6 Å². The van der Waals surface area contributed by atoms with Gasteiger partial charge in [-0.1, -0.05) is 17.8 Å². The van der Waals surface area contributed by atoms with Crippen LogP contribution in [0.5, 0.6) is 0 Å². The van der Waals surface area contributed by atoms with Crippen molar-refractivity contribution < 1.29 is 14.0 Å². The number of amides is 2. The summed E-state index contributed by atoms with van der Waals surface area (Å²) in [5.41, 5.74) is 6.00. The van der Waals surface area contributed by atoms with Crippen molar-refractivity contribution in [1.29, 1.82) is 0 Å². The normalized spacial score (nSPS) is 16.5. The van der Waals surface area contributed by atoms with Gasteiger partial charge in [-0.05, 0) is 38.0 Å². The van der Waals surface area contributed by atoms with E-state index < -0.39 is 0 Å². The molecule has 1 saturated heterocycles. The lowest BCUT2D eigenvalue weighted by molar-refractivity contribution is -0.134. The van der Waals surface area contributed by atoms with E-state index in [1.165, 1.54) is 23.9 Å². The highest BCUT2D eigenvalue weighted by Gasteiger charge is 2.29. The molecule has 6 nitrogen and oxygen atoms in total. The SMILES string of the molecule is CC(Sc1nccn1-c1cccc(F)c1)C(=O)N1CCC(C(N)=O)CC1. The third kappa shape index (κ3) is 4.07. The second-order valence-corrected chi connectivity index (χ2v) is 7.63. The van der Waals surface area contributed by atoms with E-state index in [-0.39, 0.29) is 28.8 Å². The molecule has 0 saturated carbocycles. The third-order valence-corrected chi connectivity index (χ3v) is 5.60. The third-order valence-electron chi connectivity index (χ3n) is 4.53. The van der Waals surface area contributed by atoms with E-state index in [1.807, 2.05) is 6.92 Å². The zero-order valence-electron chi connectivity index (χ0n) is 14.5. The number of carbonyl (C=O) groups excluding carboxylic acids is 2. The van der Waals surface area contributed by atoms with Crippen LogP contribution in [0.3, 0.4) is 0 Å². The van der Waals surface area contributed by atoms with Crippen molar-refractivity contribution in [2.24, 2.45) is 11.7 Å². The molecule has 2 amide bonds. The topological polar surface area (TPSA) is 81.2 Å². The highest BCUT2D eigenvalue weighted by atomic mass is 32.2. The van der Waals surface area contributed by atoms with Crippen molar-refractivity contribution in [3.05, 3.63) is 42.5 Å². The van der Waals surface area contributed by atoms with Crippen molar-refractivity contribution in [3.63, 3.8) is 0 Å². The Morgan fingerprint density at radius 2 is 2.08 bits per heavy atom. The molecule has 2 N–H and O–H groups in total. The first-order valence-electron chi connectivity index (χ1n) is 8.49. The number of carbonyl (C=O) groups is 2. The Morgan fingerprint density at radius 1 is 1.35 bits per heavy atom. The predicted octanol–water partition coefficient (Wildman–Crippen LogP) is 2.22. The second-order valence-electron chi connectivity index (χ2n) is 6.32. The van der Waals surface area contributed by atoms with Crippen LogP contribution in [0.25, 0.3) is 5.69 Å². The molecule has 0 spiro atoms. The quantitative estimate of drug-likeness (QED) is 0.812. The fraction of sp³-hybridized carbons (Fsp3) is 0.389. The van der Waals surface area contributed by atoms with Gasteiger partial charge in [-0.25, -0.2) is 9.37 Å². The van der Waals surface area contributed by atoms with Crippen LogP contribution in [-0.4, -0.2) is 44.6 Å². The summed E-state index contributed by atoms with van der Waals surface area (Å²) < 4.78 is 15.2. The van der Waals surface area contributed by atoms with Crippen molar-refractivity contribution in [3.8, 4) is 5.69 Å². The van der Waals surface area contributed by atoms with Crippen LogP contribution in [0, 0.1) is 11.7 Å². The Bertz CT molecular complexity index is 802. The molecule has 8 heteroatoms. The fourth-order valence-electron chi connectivity index (χ4n) is 3.05. The number of thioether (sulfide) groups is 1. The molecule has 1 aliphatic rings. The van der Waals surface area contributed by atoms with E-state index in [0.29, 0.717) is 36.8 Å². The van der Waals surface area contributed by atoms with Gasteiger partial charge in [0.15, 0.2) is 5.16 Å². The van der Waals surface area contributed by atoms with Crippen LogP contribution in [-0.2, 0) is 9.59 Å². The highest BCUT2D eigenvalue weighted by molar-refractivity contribution is 8.00. The summed E-state index contributed by atoms with van der Waals surface area (Å²) in [5, 5.41) is 0.290. The molecule has 2 aromatic rings. The molecule has 3 rings (SSSR count). The zero-order valence-corrected chi connectivity index (χ0v) is 15.3. The number of primary amides is 1. The van der Waals surface area contributed by atoms with E-state index >= 15 is 0 Å². The maximum absolute atomic E-state index is 13.5. The minimum Gasteiger partial charge on any atom is -0.369 e. The lowest BCUT2D eigenvalue weighted by Crippen LogP contribution is -2.44. The number of likely N-dealkylation sites (tertiary alicyclic amines) is 1. The molecule has 1 atom stereocenters. The minimum atomic E-state index is -0.338. The van der Waals surface area contributed by atoms with Gasteiger partial charge in [0.25, 0.3) is 0 Å². The number of nitrogens with two attached hydrogens (primary N) is 1. The number of halogens is 1. The summed E-state index contributed by atoms with van der Waals surface area (Å²) in [5.74, 6) is -0.758. The molecule has 1 unspecified atom stereocenters. The Labute approximate surface area is 155 Å².